The van der Waals surface area contributed by atoms with Crippen molar-refractivity contribution in [2.75, 3.05) is 13.1 Å². The van der Waals surface area contributed by atoms with Gasteiger partial charge in [0.2, 0.25) is 0 Å². The maximum Gasteiger partial charge on any atom is 0.416 e. The zero-order valence-electron chi connectivity index (χ0n) is 20.7. The number of halogens is 6. The molecular formula is C28H28F6N2O2. The van der Waals surface area contributed by atoms with Crippen LogP contribution in [0, 0.1) is 6.92 Å². The van der Waals surface area contributed by atoms with E-state index in [-0.39, 0.29) is 23.7 Å². The van der Waals surface area contributed by atoms with E-state index in [1.165, 1.54) is 12.1 Å². The Balaban J connectivity index is 1.63. The monoisotopic (exact) mass is 538 g/mol. The van der Waals surface area contributed by atoms with E-state index in [1.807, 2.05) is 25.1 Å². The maximum atomic E-state index is 13.4. The molecular weight excluding hydrogens is 510 g/mol. The van der Waals surface area contributed by atoms with Crippen molar-refractivity contribution >= 4 is 5.97 Å². The first-order chi connectivity index (χ1) is 17.8. The molecule has 3 aromatic rings. The molecule has 0 amide bonds. The summed E-state index contributed by atoms with van der Waals surface area (Å²) in [6.45, 7) is 3.84. The van der Waals surface area contributed by atoms with Crippen LogP contribution in [0.25, 0.3) is 0 Å². The van der Waals surface area contributed by atoms with Crippen LogP contribution >= 0.6 is 0 Å². The summed E-state index contributed by atoms with van der Waals surface area (Å²) in [5, 5.41) is 12.0. The lowest BCUT2D eigenvalue weighted by molar-refractivity contribution is -0.143. The molecule has 0 bridgehead atoms. The third-order valence-electron chi connectivity index (χ3n) is 5.98. The van der Waals surface area contributed by atoms with Crippen molar-refractivity contribution < 1.29 is 36.2 Å². The third-order valence-corrected chi connectivity index (χ3v) is 5.98. The maximum absolute atomic E-state index is 13.4. The topological polar surface area (TPSA) is 52.6 Å². The standard InChI is InChI=1S/C28H28F6N2O2/c1-19-4-2-5-21(14-19)18-36(17-20-6-8-22(9-7-20)26(37)38)13-3-12-35-16-23-10-11-24(27(29,30)31)15-25(23)28(32,33)34/h2,4-11,14-15,35H,3,12-13,16-18H2,1H3,(H,37,38). The first-order valence-corrected chi connectivity index (χ1v) is 11.9. The second-order valence-corrected chi connectivity index (χ2v) is 9.10. The number of hydrogen-bond donors (Lipinski definition) is 2. The smallest absolute Gasteiger partial charge is 0.416 e. The molecule has 0 aliphatic carbocycles. The fourth-order valence-electron chi connectivity index (χ4n) is 4.12. The van der Waals surface area contributed by atoms with E-state index in [2.05, 4.69) is 16.3 Å². The van der Waals surface area contributed by atoms with Gasteiger partial charge in [-0.25, -0.2) is 4.79 Å². The van der Waals surface area contributed by atoms with Crippen LogP contribution < -0.4 is 5.32 Å². The van der Waals surface area contributed by atoms with Crippen LogP contribution in [0.5, 0.6) is 0 Å². The van der Waals surface area contributed by atoms with Gasteiger partial charge in [-0.3, -0.25) is 4.90 Å². The predicted molar refractivity (Wildman–Crippen MR) is 131 cm³/mol. The molecule has 0 radical (unpaired) electrons. The summed E-state index contributed by atoms with van der Waals surface area (Å²) >= 11 is 0. The molecule has 4 nitrogen and oxygen atoms in total. The van der Waals surface area contributed by atoms with Gasteiger partial charge in [0.1, 0.15) is 0 Å². The number of nitrogens with zero attached hydrogens (tertiary/aromatic N) is 1. The van der Waals surface area contributed by atoms with E-state index in [0.29, 0.717) is 38.7 Å². The largest absolute Gasteiger partial charge is 0.478 e. The van der Waals surface area contributed by atoms with Gasteiger partial charge in [-0.05, 0) is 60.8 Å². The summed E-state index contributed by atoms with van der Waals surface area (Å²) < 4.78 is 78.8. The number of rotatable bonds is 11. The van der Waals surface area contributed by atoms with Crippen molar-refractivity contribution in [3.8, 4) is 0 Å². The normalized spacial score (nSPS) is 12.2. The summed E-state index contributed by atoms with van der Waals surface area (Å²) in [4.78, 5) is 13.3. The average molecular weight is 539 g/mol. The Bertz CT molecular complexity index is 1220. The summed E-state index contributed by atoms with van der Waals surface area (Å²) in [5.74, 6) is -1.01. The molecule has 0 fully saturated rings. The Morgan fingerprint density at radius 2 is 1.55 bits per heavy atom. The van der Waals surface area contributed by atoms with E-state index in [9.17, 15) is 31.1 Å². The number of alkyl halides is 6. The van der Waals surface area contributed by atoms with Gasteiger partial charge in [-0.2, -0.15) is 26.3 Å². The van der Waals surface area contributed by atoms with Crippen LogP contribution in [0.1, 0.15) is 50.2 Å². The van der Waals surface area contributed by atoms with Crippen molar-refractivity contribution in [2.45, 2.75) is 45.3 Å². The number of benzene rings is 3. The van der Waals surface area contributed by atoms with Crippen molar-refractivity contribution in [1.29, 1.82) is 0 Å². The molecule has 0 aliphatic rings. The van der Waals surface area contributed by atoms with E-state index in [0.717, 1.165) is 22.8 Å². The van der Waals surface area contributed by atoms with E-state index >= 15 is 0 Å². The minimum Gasteiger partial charge on any atom is -0.478 e. The van der Waals surface area contributed by atoms with Crippen molar-refractivity contribution in [3.05, 3.63) is 106 Å². The van der Waals surface area contributed by atoms with E-state index in [1.54, 1.807) is 12.1 Å². The number of aromatic carboxylic acids is 1. The quantitative estimate of drug-likeness (QED) is 0.206. The molecule has 0 heterocycles. The van der Waals surface area contributed by atoms with Crippen LogP contribution in [0.2, 0.25) is 0 Å². The summed E-state index contributed by atoms with van der Waals surface area (Å²) in [7, 11) is 0. The van der Waals surface area contributed by atoms with Crippen molar-refractivity contribution in [1.82, 2.24) is 10.2 Å². The molecule has 0 aromatic heterocycles. The highest BCUT2D eigenvalue weighted by molar-refractivity contribution is 5.87. The second kappa shape index (κ2) is 12.4. The number of carboxylic acids is 1. The molecule has 0 spiro atoms. The van der Waals surface area contributed by atoms with Crippen LogP contribution in [0.15, 0.2) is 66.7 Å². The number of carbonyl (C=O) groups is 1. The molecule has 2 N–H and O–H groups in total. The summed E-state index contributed by atoms with van der Waals surface area (Å²) in [6.07, 6.45) is -9.19. The molecule has 0 saturated carbocycles. The Labute approximate surface area is 216 Å². The number of hydrogen-bond acceptors (Lipinski definition) is 3. The molecule has 204 valence electrons. The van der Waals surface area contributed by atoms with Crippen molar-refractivity contribution in [3.63, 3.8) is 0 Å². The summed E-state index contributed by atoms with van der Waals surface area (Å²) in [6, 6.07) is 16.2. The number of carboxylic acid groups (broad SMARTS) is 1. The molecule has 0 unspecified atom stereocenters. The van der Waals surface area contributed by atoms with Gasteiger partial charge in [-0.15, -0.1) is 0 Å². The minimum atomic E-state index is -4.90. The Morgan fingerprint density at radius 3 is 2.16 bits per heavy atom. The van der Waals surface area contributed by atoms with E-state index in [4.69, 9.17) is 5.11 Å². The lowest BCUT2D eigenvalue weighted by Crippen LogP contribution is -2.27. The molecule has 0 atom stereocenters. The predicted octanol–water partition coefficient (Wildman–Crippen LogP) is 6.91. The third kappa shape index (κ3) is 8.59. The number of nitrogens with one attached hydrogen (secondary N) is 1. The van der Waals surface area contributed by atoms with Gasteiger partial charge in [0.05, 0.1) is 16.7 Å². The van der Waals surface area contributed by atoms with Crippen molar-refractivity contribution in [2.24, 2.45) is 0 Å². The molecule has 38 heavy (non-hydrogen) atoms. The highest BCUT2D eigenvalue weighted by Gasteiger charge is 2.37. The zero-order valence-corrected chi connectivity index (χ0v) is 20.7. The van der Waals surface area contributed by atoms with Crippen LogP contribution in [0.4, 0.5) is 26.3 Å². The fourth-order valence-corrected chi connectivity index (χ4v) is 4.12. The van der Waals surface area contributed by atoms with Gasteiger partial charge >= 0.3 is 18.3 Å². The van der Waals surface area contributed by atoms with E-state index < -0.39 is 29.4 Å². The lowest BCUT2D eigenvalue weighted by Gasteiger charge is -2.23. The highest BCUT2D eigenvalue weighted by Crippen LogP contribution is 2.37. The molecule has 0 saturated heterocycles. The summed E-state index contributed by atoms with van der Waals surface area (Å²) in [5.41, 5.74) is 0.398. The van der Waals surface area contributed by atoms with Crippen LogP contribution in [0.3, 0.4) is 0 Å². The Kier molecular flexibility index (Phi) is 9.56. The lowest BCUT2D eigenvalue weighted by atomic mass is 10.0. The van der Waals surface area contributed by atoms with Crippen LogP contribution in [-0.2, 0) is 32.0 Å². The molecule has 10 heteroatoms. The highest BCUT2D eigenvalue weighted by atomic mass is 19.4. The second-order valence-electron chi connectivity index (χ2n) is 9.10. The van der Waals surface area contributed by atoms with Gasteiger partial charge in [0.25, 0.3) is 0 Å². The minimum absolute atomic E-state index is 0.149. The first-order valence-electron chi connectivity index (χ1n) is 11.9. The van der Waals surface area contributed by atoms with Gasteiger partial charge in [0.15, 0.2) is 0 Å². The Morgan fingerprint density at radius 1 is 0.868 bits per heavy atom. The Hall–Kier alpha value is -3.37. The fraction of sp³-hybridized carbons (Fsp3) is 0.321. The van der Waals surface area contributed by atoms with Crippen LogP contribution in [-0.4, -0.2) is 29.1 Å². The first kappa shape index (κ1) is 29.2. The van der Waals surface area contributed by atoms with Gasteiger partial charge in [0, 0.05) is 26.2 Å². The van der Waals surface area contributed by atoms with Gasteiger partial charge in [-0.1, -0.05) is 48.0 Å². The van der Waals surface area contributed by atoms with Gasteiger partial charge < -0.3 is 10.4 Å². The molecule has 0 aliphatic heterocycles. The number of aryl methyl sites for hydroxylation is 1. The SMILES string of the molecule is Cc1cccc(CN(CCCNCc2ccc(C(F)(F)F)cc2C(F)(F)F)Cc2ccc(C(=O)O)cc2)c1. The average Bonchev–Trinajstić information content (AvgIpc) is 2.83. The molecule has 3 aromatic carbocycles. The molecule has 3 rings (SSSR count). The zero-order chi connectivity index (χ0) is 27.9.